The van der Waals surface area contributed by atoms with Crippen molar-refractivity contribution >= 4 is 0 Å². The predicted octanol–water partition coefficient (Wildman–Crippen LogP) is 2.09. The smallest absolute Gasteiger partial charge is 0.251 e. The number of rotatable bonds is 3. The molecule has 0 aliphatic heterocycles. The lowest BCUT2D eigenvalue weighted by Gasteiger charge is -2.05. The first-order valence-electron chi connectivity index (χ1n) is 5.72. The van der Waals surface area contributed by atoms with Crippen LogP contribution in [0.2, 0.25) is 0 Å². The molecule has 2 aromatic heterocycles. The van der Waals surface area contributed by atoms with Crippen molar-refractivity contribution in [1.82, 2.24) is 15.0 Å². The largest absolute Gasteiger partial charge is 0.306 e. The van der Waals surface area contributed by atoms with E-state index in [-0.39, 0.29) is 5.56 Å². The van der Waals surface area contributed by atoms with Gasteiger partial charge in [0.15, 0.2) is 0 Å². The molecule has 0 aromatic carbocycles. The van der Waals surface area contributed by atoms with E-state index in [2.05, 4.69) is 21.9 Å². The second-order valence-corrected chi connectivity index (χ2v) is 4.03. The summed E-state index contributed by atoms with van der Waals surface area (Å²) in [4.78, 5) is 22.8. The number of hydrogen-bond acceptors (Lipinski definition) is 3. The summed E-state index contributed by atoms with van der Waals surface area (Å²) in [6, 6.07) is 3.46. The highest BCUT2D eigenvalue weighted by atomic mass is 16.1. The van der Waals surface area contributed by atoms with Crippen LogP contribution in [-0.2, 0) is 6.42 Å². The molecule has 2 rings (SSSR count). The van der Waals surface area contributed by atoms with Gasteiger partial charge in [0.1, 0.15) is 5.82 Å². The third kappa shape index (κ3) is 2.58. The van der Waals surface area contributed by atoms with Gasteiger partial charge in [-0.3, -0.25) is 9.78 Å². The van der Waals surface area contributed by atoms with E-state index in [9.17, 15) is 4.79 Å². The van der Waals surface area contributed by atoms with E-state index >= 15 is 0 Å². The van der Waals surface area contributed by atoms with Crippen molar-refractivity contribution in [1.29, 1.82) is 0 Å². The van der Waals surface area contributed by atoms with Gasteiger partial charge in [-0.2, -0.15) is 0 Å². The van der Waals surface area contributed by atoms with E-state index in [4.69, 9.17) is 0 Å². The van der Waals surface area contributed by atoms with Crippen LogP contribution in [-0.4, -0.2) is 15.0 Å². The molecule has 0 aliphatic carbocycles. The number of pyridine rings is 1. The highest BCUT2D eigenvalue weighted by Crippen LogP contribution is 2.17. The van der Waals surface area contributed by atoms with Gasteiger partial charge in [0.25, 0.3) is 5.56 Å². The Morgan fingerprint density at radius 3 is 2.94 bits per heavy atom. The van der Waals surface area contributed by atoms with E-state index in [1.165, 1.54) is 0 Å². The molecule has 0 bridgehead atoms. The Labute approximate surface area is 99.8 Å². The molecule has 0 spiro atoms. The van der Waals surface area contributed by atoms with Crippen LogP contribution >= 0.6 is 0 Å². The maximum absolute atomic E-state index is 11.6. The Balaban J connectivity index is 2.52. The normalized spacial score (nSPS) is 10.5. The second kappa shape index (κ2) is 4.91. The van der Waals surface area contributed by atoms with Gasteiger partial charge in [0.2, 0.25) is 0 Å². The first-order chi connectivity index (χ1) is 8.20. The lowest BCUT2D eigenvalue weighted by Crippen LogP contribution is -2.10. The van der Waals surface area contributed by atoms with Crippen LogP contribution in [0.4, 0.5) is 0 Å². The number of aromatic nitrogens is 3. The lowest BCUT2D eigenvalue weighted by molar-refractivity contribution is 0.869. The standard InChI is InChI=1S/C13H15N3O/c1-3-4-10-7-12(17)16-13(15-10)11-8-14-6-5-9(11)2/h5-8H,3-4H2,1-2H3,(H,15,16,17). The van der Waals surface area contributed by atoms with Gasteiger partial charge >= 0.3 is 0 Å². The highest BCUT2D eigenvalue weighted by molar-refractivity contribution is 5.57. The van der Waals surface area contributed by atoms with Crippen molar-refractivity contribution in [2.75, 3.05) is 0 Å². The number of aryl methyl sites for hydroxylation is 2. The van der Waals surface area contributed by atoms with Crippen molar-refractivity contribution in [3.63, 3.8) is 0 Å². The number of aromatic amines is 1. The van der Waals surface area contributed by atoms with Gasteiger partial charge < -0.3 is 4.98 Å². The fourth-order valence-electron chi connectivity index (χ4n) is 1.73. The fourth-order valence-corrected chi connectivity index (χ4v) is 1.73. The van der Waals surface area contributed by atoms with Gasteiger partial charge in [0, 0.05) is 29.7 Å². The second-order valence-electron chi connectivity index (χ2n) is 4.03. The van der Waals surface area contributed by atoms with Crippen LogP contribution < -0.4 is 5.56 Å². The number of hydrogen-bond donors (Lipinski definition) is 1. The minimum absolute atomic E-state index is 0.110. The molecule has 0 aliphatic rings. The molecule has 17 heavy (non-hydrogen) atoms. The van der Waals surface area contributed by atoms with Crippen molar-refractivity contribution in [2.45, 2.75) is 26.7 Å². The monoisotopic (exact) mass is 229 g/mol. The van der Waals surface area contributed by atoms with E-state index in [1.807, 2.05) is 13.0 Å². The SMILES string of the molecule is CCCc1cc(=O)[nH]c(-c2cnccc2C)n1. The molecular formula is C13H15N3O. The van der Waals surface area contributed by atoms with E-state index in [0.29, 0.717) is 5.82 Å². The Morgan fingerprint density at radius 2 is 2.24 bits per heavy atom. The molecule has 4 heteroatoms. The summed E-state index contributed by atoms with van der Waals surface area (Å²) in [6.45, 7) is 4.04. The lowest BCUT2D eigenvalue weighted by atomic mass is 10.1. The fraction of sp³-hybridized carbons (Fsp3) is 0.308. The molecular weight excluding hydrogens is 214 g/mol. The molecule has 0 saturated carbocycles. The highest BCUT2D eigenvalue weighted by Gasteiger charge is 2.06. The molecule has 0 atom stereocenters. The Hall–Kier alpha value is -1.97. The summed E-state index contributed by atoms with van der Waals surface area (Å²) in [6.07, 6.45) is 5.24. The van der Waals surface area contributed by atoms with Crippen LogP contribution in [0.25, 0.3) is 11.4 Å². The van der Waals surface area contributed by atoms with Crippen LogP contribution in [0.15, 0.2) is 29.3 Å². The van der Waals surface area contributed by atoms with Crippen LogP contribution in [0, 0.1) is 6.92 Å². The van der Waals surface area contributed by atoms with Gasteiger partial charge in [-0.05, 0) is 25.0 Å². The minimum Gasteiger partial charge on any atom is -0.306 e. The van der Waals surface area contributed by atoms with Crippen molar-refractivity contribution in [2.24, 2.45) is 0 Å². The van der Waals surface area contributed by atoms with Crippen LogP contribution in [0.3, 0.4) is 0 Å². The number of nitrogens with zero attached hydrogens (tertiary/aromatic N) is 2. The number of H-pyrrole nitrogens is 1. The van der Waals surface area contributed by atoms with Gasteiger partial charge in [-0.1, -0.05) is 13.3 Å². The number of nitrogens with one attached hydrogen (secondary N) is 1. The maximum atomic E-state index is 11.6. The first kappa shape index (κ1) is 11.5. The predicted molar refractivity (Wildman–Crippen MR) is 66.8 cm³/mol. The molecule has 0 radical (unpaired) electrons. The molecule has 88 valence electrons. The molecule has 1 N–H and O–H groups in total. The Bertz CT molecular complexity index is 575. The average molecular weight is 229 g/mol. The molecule has 0 amide bonds. The van der Waals surface area contributed by atoms with E-state index < -0.39 is 0 Å². The Kier molecular flexibility index (Phi) is 3.32. The molecule has 2 aromatic rings. The maximum Gasteiger partial charge on any atom is 0.251 e. The molecule has 0 saturated heterocycles. The Morgan fingerprint density at radius 1 is 1.41 bits per heavy atom. The topological polar surface area (TPSA) is 58.6 Å². The average Bonchev–Trinajstić information content (AvgIpc) is 2.29. The quantitative estimate of drug-likeness (QED) is 0.876. The summed E-state index contributed by atoms with van der Waals surface area (Å²) < 4.78 is 0. The van der Waals surface area contributed by atoms with E-state index in [1.54, 1.807) is 18.5 Å². The summed E-state index contributed by atoms with van der Waals surface area (Å²) in [7, 11) is 0. The van der Waals surface area contributed by atoms with Crippen molar-refractivity contribution in [3.05, 3.63) is 46.1 Å². The molecule has 2 heterocycles. The zero-order valence-electron chi connectivity index (χ0n) is 10.0. The van der Waals surface area contributed by atoms with Gasteiger partial charge in [0.05, 0.1) is 0 Å². The van der Waals surface area contributed by atoms with Gasteiger partial charge in [-0.15, -0.1) is 0 Å². The van der Waals surface area contributed by atoms with E-state index in [0.717, 1.165) is 29.7 Å². The first-order valence-corrected chi connectivity index (χ1v) is 5.72. The third-order valence-electron chi connectivity index (χ3n) is 2.60. The summed E-state index contributed by atoms with van der Waals surface area (Å²) in [5.41, 5.74) is 2.65. The van der Waals surface area contributed by atoms with Crippen LogP contribution in [0.5, 0.6) is 0 Å². The molecule has 0 fully saturated rings. The molecule has 4 nitrogen and oxygen atoms in total. The summed E-state index contributed by atoms with van der Waals surface area (Å²) >= 11 is 0. The summed E-state index contributed by atoms with van der Waals surface area (Å²) in [5.74, 6) is 0.603. The summed E-state index contributed by atoms with van der Waals surface area (Å²) in [5, 5.41) is 0. The van der Waals surface area contributed by atoms with Crippen LogP contribution in [0.1, 0.15) is 24.6 Å². The zero-order valence-corrected chi connectivity index (χ0v) is 10.0. The van der Waals surface area contributed by atoms with Crippen molar-refractivity contribution < 1.29 is 0 Å². The molecule has 0 unspecified atom stereocenters. The van der Waals surface area contributed by atoms with Crippen molar-refractivity contribution in [3.8, 4) is 11.4 Å². The minimum atomic E-state index is -0.110. The third-order valence-corrected chi connectivity index (χ3v) is 2.60. The van der Waals surface area contributed by atoms with Gasteiger partial charge in [-0.25, -0.2) is 4.98 Å². The zero-order chi connectivity index (χ0) is 12.3.